The monoisotopic (exact) mass is 411 g/mol. The van der Waals surface area contributed by atoms with Crippen LogP contribution < -0.4 is 63.3 Å². The zero-order chi connectivity index (χ0) is 16.9. The Kier molecular flexibility index (Phi) is 6.22. The third-order valence-corrected chi connectivity index (χ3v) is 8.16. The van der Waals surface area contributed by atoms with Crippen molar-refractivity contribution in [1.82, 2.24) is 0 Å². The van der Waals surface area contributed by atoms with E-state index in [-0.39, 0.29) is 81.7 Å². The summed E-state index contributed by atoms with van der Waals surface area (Å²) in [5, 5.41) is 31.5. The van der Waals surface area contributed by atoms with Gasteiger partial charge in [0.1, 0.15) is 0 Å². The summed E-state index contributed by atoms with van der Waals surface area (Å²) in [5.74, 6) is 1.74. The van der Waals surface area contributed by atoms with Gasteiger partial charge in [-0.25, -0.2) is 0 Å². The minimum Gasteiger partial charge on any atom is -0.854 e. The van der Waals surface area contributed by atoms with Gasteiger partial charge in [-0.2, -0.15) is 5.26 Å². The van der Waals surface area contributed by atoms with Gasteiger partial charge in [0.05, 0.1) is 12.2 Å². The summed E-state index contributed by atoms with van der Waals surface area (Å²) in [6, 6.07) is 2.26. The van der Waals surface area contributed by atoms with Crippen LogP contribution in [0.25, 0.3) is 0 Å². The van der Waals surface area contributed by atoms with Crippen molar-refractivity contribution in [2.75, 3.05) is 6.61 Å². The Morgan fingerprint density at radius 2 is 2.04 bits per heavy atom. The number of nitriles is 1. The summed E-state index contributed by atoms with van der Waals surface area (Å²) in [7, 11) is 0. The Balaban J connectivity index is 0.00000182. The van der Waals surface area contributed by atoms with Crippen molar-refractivity contribution in [3.63, 3.8) is 0 Å². The van der Waals surface area contributed by atoms with Crippen LogP contribution in [-0.4, -0.2) is 17.8 Å². The van der Waals surface area contributed by atoms with Crippen molar-refractivity contribution in [3.05, 3.63) is 23.3 Å². The van der Waals surface area contributed by atoms with E-state index in [9.17, 15) is 10.2 Å². The summed E-state index contributed by atoms with van der Waals surface area (Å²) in [6.45, 7) is 2.35. The van der Waals surface area contributed by atoms with Gasteiger partial charge in [0.2, 0.25) is 0 Å². The SMILES string of the molecule is C[C@]12CC[C@H]3[C@@H](CCC4=C[C@H](O)CC[C@@]43C[O-])[C@@H]1CC/C2=C/C#N.[Rb+]. The molecule has 1 N–H and O–H groups in total. The number of aliphatic hydroxyl groups is 1. The van der Waals surface area contributed by atoms with E-state index in [1.807, 2.05) is 6.08 Å². The number of allylic oxidation sites excluding steroid dienone is 2. The minimum atomic E-state index is -0.346. The van der Waals surface area contributed by atoms with Crippen LogP contribution in [-0.2, 0) is 0 Å². The molecule has 4 aliphatic rings. The number of fused-ring (bicyclic) bond motifs is 5. The summed E-state index contributed by atoms with van der Waals surface area (Å²) >= 11 is 0. The largest absolute Gasteiger partial charge is 1.00 e. The first-order chi connectivity index (χ1) is 11.5. The molecule has 0 unspecified atom stereocenters. The standard InChI is InChI=1S/C21H28NO2.Rb/c1-20-9-7-19-17(18(20)5-3-14(20)8-11-22)4-2-15-12-16(24)6-10-21(15,19)13-23;/h8,12,16-19,24H,2-7,9-10,13H2,1H3;/q-1;+1/b14-8-;/t16-,17+,18+,19+,20-,21-;/m1./s1. The molecule has 0 bridgehead atoms. The topological polar surface area (TPSA) is 67.1 Å². The average molecular weight is 412 g/mol. The molecule has 0 aliphatic heterocycles. The third kappa shape index (κ3) is 3.04. The van der Waals surface area contributed by atoms with E-state index in [4.69, 9.17) is 5.26 Å². The van der Waals surface area contributed by atoms with Gasteiger partial charge in [-0.1, -0.05) is 24.1 Å². The van der Waals surface area contributed by atoms with Crippen molar-refractivity contribution >= 4 is 0 Å². The molecular formula is C21H28NO2Rb. The van der Waals surface area contributed by atoms with Crippen LogP contribution in [0.3, 0.4) is 0 Å². The first kappa shape index (κ1) is 20.4. The van der Waals surface area contributed by atoms with E-state index < -0.39 is 0 Å². The maximum Gasteiger partial charge on any atom is 1.00 e. The van der Waals surface area contributed by atoms with Gasteiger partial charge in [-0.05, 0) is 80.0 Å². The van der Waals surface area contributed by atoms with E-state index in [1.54, 1.807) is 6.08 Å². The molecule has 3 nitrogen and oxygen atoms in total. The smallest absolute Gasteiger partial charge is 0.854 e. The first-order valence-corrected chi connectivity index (χ1v) is 9.61. The van der Waals surface area contributed by atoms with Crippen LogP contribution in [0.4, 0.5) is 0 Å². The summed E-state index contributed by atoms with van der Waals surface area (Å²) in [4.78, 5) is 0. The molecule has 4 aliphatic carbocycles. The van der Waals surface area contributed by atoms with Crippen LogP contribution in [0.2, 0.25) is 0 Å². The molecule has 3 fully saturated rings. The molecule has 0 saturated heterocycles. The van der Waals surface area contributed by atoms with Crippen LogP contribution in [0, 0.1) is 39.9 Å². The summed E-state index contributed by atoms with van der Waals surface area (Å²) < 4.78 is 0. The molecule has 130 valence electrons. The Hall–Kier alpha value is 0.695. The van der Waals surface area contributed by atoms with Gasteiger partial charge in [0, 0.05) is 6.08 Å². The fraction of sp³-hybridized carbons (Fsp3) is 0.762. The van der Waals surface area contributed by atoms with Gasteiger partial charge in [0.15, 0.2) is 0 Å². The van der Waals surface area contributed by atoms with Gasteiger partial charge < -0.3 is 10.2 Å². The van der Waals surface area contributed by atoms with Crippen LogP contribution >= 0.6 is 0 Å². The normalized spacial score (nSPS) is 47.0. The van der Waals surface area contributed by atoms with Gasteiger partial charge >= 0.3 is 58.2 Å². The van der Waals surface area contributed by atoms with Crippen molar-refractivity contribution in [1.29, 1.82) is 5.26 Å². The molecule has 0 aromatic rings. The Morgan fingerprint density at radius 1 is 1.24 bits per heavy atom. The van der Waals surface area contributed by atoms with Crippen LogP contribution in [0.15, 0.2) is 23.3 Å². The van der Waals surface area contributed by atoms with Crippen molar-refractivity contribution in [3.8, 4) is 6.07 Å². The molecule has 0 spiro atoms. The van der Waals surface area contributed by atoms with Gasteiger partial charge in [-0.3, -0.25) is 0 Å². The fourth-order valence-electron chi connectivity index (χ4n) is 6.94. The van der Waals surface area contributed by atoms with Crippen molar-refractivity contribution < 1.29 is 68.4 Å². The Bertz CT molecular complexity index is 636. The molecule has 0 heterocycles. The fourth-order valence-corrected chi connectivity index (χ4v) is 6.94. The van der Waals surface area contributed by atoms with Crippen LogP contribution in [0.1, 0.15) is 58.3 Å². The Morgan fingerprint density at radius 3 is 2.76 bits per heavy atom. The van der Waals surface area contributed by atoms with E-state index >= 15 is 0 Å². The summed E-state index contributed by atoms with van der Waals surface area (Å²) in [6.07, 6.45) is 11.7. The maximum absolute atomic E-state index is 12.4. The Labute approximate surface area is 200 Å². The molecule has 4 rings (SSSR count). The van der Waals surface area contributed by atoms with Crippen molar-refractivity contribution in [2.45, 2.75) is 64.4 Å². The second-order valence-electron chi connectivity index (χ2n) is 8.81. The predicted octanol–water partition coefficient (Wildman–Crippen LogP) is 0.104. The molecule has 3 saturated carbocycles. The second-order valence-corrected chi connectivity index (χ2v) is 8.81. The number of rotatable bonds is 1. The summed E-state index contributed by atoms with van der Waals surface area (Å²) in [5.41, 5.74) is 2.61. The molecule has 0 radical (unpaired) electrons. The molecule has 0 amide bonds. The zero-order valence-electron chi connectivity index (χ0n) is 15.6. The van der Waals surface area contributed by atoms with E-state index in [1.165, 1.54) is 17.6 Å². The van der Waals surface area contributed by atoms with E-state index in [0.29, 0.717) is 17.8 Å². The molecular weight excluding hydrogens is 384 g/mol. The van der Waals surface area contributed by atoms with Gasteiger partial charge in [-0.15, -0.1) is 6.61 Å². The molecule has 0 aromatic heterocycles. The van der Waals surface area contributed by atoms with E-state index in [2.05, 4.69) is 13.0 Å². The zero-order valence-corrected chi connectivity index (χ0v) is 20.5. The molecule has 25 heavy (non-hydrogen) atoms. The van der Waals surface area contributed by atoms with Gasteiger partial charge in [0.25, 0.3) is 0 Å². The third-order valence-electron chi connectivity index (χ3n) is 8.16. The van der Waals surface area contributed by atoms with E-state index in [0.717, 1.165) is 44.9 Å². The van der Waals surface area contributed by atoms with Crippen LogP contribution in [0.5, 0.6) is 0 Å². The number of hydrogen-bond acceptors (Lipinski definition) is 3. The quantitative estimate of drug-likeness (QED) is 0.492. The molecule has 6 atom stereocenters. The second kappa shape index (κ2) is 7.61. The maximum atomic E-state index is 12.4. The number of aliphatic hydroxyl groups excluding tert-OH is 1. The number of hydrogen-bond donors (Lipinski definition) is 1. The minimum absolute atomic E-state index is 0. The molecule has 0 aromatic carbocycles. The predicted molar refractivity (Wildman–Crippen MR) is 90.6 cm³/mol. The molecule has 4 heteroatoms. The average Bonchev–Trinajstić information content (AvgIpc) is 2.91. The van der Waals surface area contributed by atoms with Crippen molar-refractivity contribution in [2.24, 2.45) is 28.6 Å². The first-order valence-electron chi connectivity index (χ1n) is 9.61. The number of nitrogens with zero attached hydrogens (tertiary/aromatic N) is 1.